The molecule has 0 fully saturated rings. The average molecular weight is 334 g/mol. The summed E-state index contributed by atoms with van der Waals surface area (Å²) in [5, 5.41) is 0.915. The molecular formula is C18H27N3OS. The molecule has 5 heteroatoms. The van der Waals surface area contributed by atoms with Crippen LogP contribution in [0.15, 0.2) is 12.1 Å². The first-order chi connectivity index (χ1) is 11.0. The number of likely N-dealkylation sites (N-methyl/N-ethyl adjacent to an activating group) is 1. The predicted molar refractivity (Wildman–Crippen MR) is 99.5 cm³/mol. The minimum Gasteiger partial charge on any atom is -0.342 e. The first-order valence-corrected chi connectivity index (χ1v) is 9.15. The number of thiazole rings is 1. The van der Waals surface area contributed by atoms with Crippen LogP contribution in [0.2, 0.25) is 0 Å². The van der Waals surface area contributed by atoms with Crippen molar-refractivity contribution in [2.45, 2.75) is 40.5 Å². The maximum atomic E-state index is 12.5. The molecule has 0 unspecified atom stereocenters. The Morgan fingerprint density at radius 2 is 1.74 bits per heavy atom. The summed E-state index contributed by atoms with van der Waals surface area (Å²) < 4.78 is 1.22. The predicted octanol–water partition coefficient (Wildman–Crippen LogP) is 4.00. The van der Waals surface area contributed by atoms with Crippen molar-refractivity contribution >= 4 is 32.6 Å². The minimum atomic E-state index is 0.184. The number of hydrogen-bond donors (Lipinski definition) is 0. The summed E-state index contributed by atoms with van der Waals surface area (Å²) in [5.41, 5.74) is 3.49. The highest BCUT2D eigenvalue weighted by Crippen LogP contribution is 2.32. The van der Waals surface area contributed by atoms with Gasteiger partial charge in [-0.2, -0.15) is 0 Å². The van der Waals surface area contributed by atoms with Gasteiger partial charge in [0.05, 0.1) is 16.8 Å². The summed E-state index contributed by atoms with van der Waals surface area (Å²) in [7, 11) is 1.95. The van der Waals surface area contributed by atoms with E-state index >= 15 is 0 Å². The Balaban J connectivity index is 2.17. The maximum Gasteiger partial charge on any atom is 0.242 e. The van der Waals surface area contributed by atoms with Gasteiger partial charge >= 0.3 is 0 Å². The van der Waals surface area contributed by atoms with E-state index in [0.29, 0.717) is 6.54 Å². The number of carbonyl (C=O) groups excluding carboxylic acids is 1. The van der Waals surface area contributed by atoms with Crippen LogP contribution >= 0.6 is 11.3 Å². The van der Waals surface area contributed by atoms with E-state index in [1.807, 2.05) is 16.8 Å². The van der Waals surface area contributed by atoms with Crippen molar-refractivity contribution in [1.82, 2.24) is 9.88 Å². The van der Waals surface area contributed by atoms with Gasteiger partial charge in [0.25, 0.3) is 0 Å². The molecule has 126 valence electrons. The van der Waals surface area contributed by atoms with Gasteiger partial charge in [0, 0.05) is 20.1 Å². The van der Waals surface area contributed by atoms with Crippen molar-refractivity contribution in [3.63, 3.8) is 0 Å². The van der Waals surface area contributed by atoms with Crippen molar-refractivity contribution in [2.75, 3.05) is 31.6 Å². The van der Waals surface area contributed by atoms with Crippen LogP contribution < -0.4 is 4.90 Å². The molecule has 1 aromatic carbocycles. The second-order valence-corrected chi connectivity index (χ2v) is 7.09. The fourth-order valence-electron chi connectivity index (χ4n) is 2.68. The van der Waals surface area contributed by atoms with Crippen LogP contribution in [-0.4, -0.2) is 42.5 Å². The van der Waals surface area contributed by atoms with E-state index in [1.54, 1.807) is 11.3 Å². The number of carbonyl (C=O) groups is 1. The van der Waals surface area contributed by atoms with Gasteiger partial charge in [-0.3, -0.25) is 4.79 Å². The lowest BCUT2D eigenvalue weighted by Crippen LogP contribution is -2.39. The molecule has 0 aliphatic heterocycles. The summed E-state index contributed by atoms with van der Waals surface area (Å²) in [6, 6.07) is 4.24. The van der Waals surface area contributed by atoms with Crippen molar-refractivity contribution < 1.29 is 4.79 Å². The fourth-order valence-corrected chi connectivity index (χ4v) is 3.76. The fraction of sp³-hybridized carbons (Fsp3) is 0.556. The third-order valence-corrected chi connectivity index (χ3v) is 5.27. The molecule has 1 aromatic heterocycles. The molecule has 4 nitrogen and oxygen atoms in total. The zero-order valence-corrected chi connectivity index (χ0v) is 15.7. The molecule has 0 atom stereocenters. The molecule has 0 saturated heterocycles. The van der Waals surface area contributed by atoms with E-state index in [9.17, 15) is 4.79 Å². The van der Waals surface area contributed by atoms with E-state index in [-0.39, 0.29) is 5.91 Å². The van der Waals surface area contributed by atoms with E-state index in [4.69, 9.17) is 4.98 Å². The molecule has 0 bridgehead atoms. The summed E-state index contributed by atoms with van der Waals surface area (Å²) >= 11 is 1.67. The van der Waals surface area contributed by atoms with E-state index in [2.05, 4.69) is 39.8 Å². The normalized spacial score (nSPS) is 11.0. The van der Waals surface area contributed by atoms with Crippen LogP contribution in [0.1, 0.15) is 37.8 Å². The minimum absolute atomic E-state index is 0.184. The largest absolute Gasteiger partial charge is 0.342 e. The van der Waals surface area contributed by atoms with Crippen LogP contribution in [0.5, 0.6) is 0 Å². The van der Waals surface area contributed by atoms with Crippen LogP contribution in [0.3, 0.4) is 0 Å². The molecule has 23 heavy (non-hydrogen) atoms. The second-order valence-electron chi connectivity index (χ2n) is 6.11. The van der Waals surface area contributed by atoms with Gasteiger partial charge < -0.3 is 9.80 Å². The molecule has 0 aliphatic rings. The number of aryl methyl sites for hydroxylation is 2. The van der Waals surface area contributed by atoms with Gasteiger partial charge in [-0.1, -0.05) is 37.3 Å². The van der Waals surface area contributed by atoms with Crippen LogP contribution in [0.25, 0.3) is 10.2 Å². The molecule has 1 amide bonds. The van der Waals surface area contributed by atoms with Crippen LogP contribution in [-0.2, 0) is 4.79 Å². The van der Waals surface area contributed by atoms with Gasteiger partial charge in [-0.05, 0) is 37.8 Å². The van der Waals surface area contributed by atoms with Crippen molar-refractivity contribution in [3.05, 3.63) is 23.3 Å². The number of anilines is 1. The second kappa shape index (κ2) is 7.77. The standard InChI is InChI=1S/C18H27N3OS/c1-6-10-21(11-7-2)15(22)12-20(5)18-19-16-13(3)8-9-14(4)17(16)23-18/h8-9H,6-7,10-12H2,1-5H3. The highest BCUT2D eigenvalue weighted by atomic mass is 32.1. The lowest BCUT2D eigenvalue weighted by molar-refractivity contribution is -0.129. The Bertz CT molecular complexity index is 635. The van der Waals surface area contributed by atoms with Gasteiger partial charge in [-0.15, -0.1) is 0 Å². The third-order valence-electron chi connectivity index (χ3n) is 3.97. The lowest BCUT2D eigenvalue weighted by Gasteiger charge is -2.24. The molecule has 2 aromatic rings. The van der Waals surface area contributed by atoms with Crippen molar-refractivity contribution in [3.8, 4) is 0 Å². The number of fused-ring (bicyclic) bond motifs is 1. The summed E-state index contributed by atoms with van der Waals surface area (Å²) in [4.78, 5) is 21.2. The lowest BCUT2D eigenvalue weighted by atomic mass is 10.1. The number of hydrogen-bond acceptors (Lipinski definition) is 4. The summed E-state index contributed by atoms with van der Waals surface area (Å²) in [6.07, 6.45) is 1.99. The van der Waals surface area contributed by atoms with Crippen molar-refractivity contribution in [2.24, 2.45) is 0 Å². The van der Waals surface area contributed by atoms with Crippen LogP contribution in [0.4, 0.5) is 5.13 Å². The number of aromatic nitrogens is 1. The Morgan fingerprint density at radius 1 is 1.13 bits per heavy atom. The molecule has 0 aliphatic carbocycles. The zero-order chi connectivity index (χ0) is 17.0. The average Bonchev–Trinajstić information content (AvgIpc) is 2.97. The van der Waals surface area contributed by atoms with E-state index in [1.165, 1.54) is 15.8 Å². The Kier molecular flexibility index (Phi) is 5.99. The van der Waals surface area contributed by atoms with Gasteiger partial charge in [0.15, 0.2) is 5.13 Å². The molecule has 0 spiro atoms. The van der Waals surface area contributed by atoms with Gasteiger partial charge in [0.2, 0.25) is 5.91 Å². The quantitative estimate of drug-likeness (QED) is 0.768. The number of amides is 1. The van der Waals surface area contributed by atoms with E-state index in [0.717, 1.165) is 36.6 Å². The first-order valence-electron chi connectivity index (χ1n) is 8.33. The number of rotatable bonds is 7. The first kappa shape index (κ1) is 17.7. The Hall–Kier alpha value is -1.62. The molecule has 1 heterocycles. The topological polar surface area (TPSA) is 36.4 Å². The SMILES string of the molecule is CCCN(CCC)C(=O)CN(C)c1nc2c(C)ccc(C)c2s1. The molecular weight excluding hydrogens is 306 g/mol. The summed E-state index contributed by atoms with van der Waals surface area (Å²) in [6.45, 7) is 10.5. The van der Waals surface area contributed by atoms with Crippen molar-refractivity contribution in [1.29, 1.82) is 0 Å². The van der Waals surface area contributed by atoms with Crippen LogP contribution in [0, 0.1) is 13.8 Å². The maximum absolute atomic E-state index is 12.5. The Labute approximate surface area is 143 Å². The van der Waals surface area contributed by atoms with Gasteiger partial charge in [0.1, 0.15) is 0 Å². The summed E-state index contributed by atoms with van der Waals surface area (Å²) in [5.74, 6) is 0.184. The number of benzene rings is 1. The number of nitrogens with zero attached hydrogens (tertiary/aromatic N) is 3. The highest BCUT2D eigenvalue weighted by molar-refractivity contribution is 7.22. The van der Waals surface area contributed by atoms with Gasteiger partial charge in [-0.25, -0.2) is 4.98 Å². The smallest absolute Gasteiger partial charge is 0.242 e. The third kappa shape index (κ3) is 4.02. The Morgan fingerprint density at radius 3 is 2.30 bits per heavy atom. The highest BCUT2D eigenvalue weighted by Gasteiger charge is 2.17. The molecule has 0 radical (unpaired) electrons. The zero-order valence-electron chi connectivity index (χ0n) is 14.8. The molecule has 0 N–H and O–H groups in total. The monoisotopic (exact) mass is 333 g/mol. The molecule has 2 rings (SSSR count). The van der Waals surface area contributed by atoms with E-state index < -0.39 is 0 Å². The molecule has 0 saturated carbocycles.